The molecule has 1 aromatic carbocycles. The molecule has 3 nitrogen and oxygen atoms in total. The van der Waals surface area contributed by atoms with Crippen molar-refractivity contribution in [3.63, 3.8) is 0 Å². The number of quaternary nitrogens is 1. The maximum absolute atomic E-state index is 5.41. The van der Waals surface area contributed by atoms with Crippen LogP contribution < -0.4 is 16.0 Å². The van der Waals surface area contributed by atoms with Gasteiger partial charge in [-0.3, -0.25) is 0 Å². The lowest BCUT2D eigenvalue weighted by atomic mass is 10.3. The van der Waals surface area contributed by atoms with Gasteiger partial charge in [-0.05, 0) is 12.1 Å². The summed E-state index contributed by atoms with van der Waals surface area (Å²) in [6.45, 7) is 3.59. The third-order valence-corrected chi connectivity index (χ3v) is 1.44. The fraction of sp³-hybridized carbons (Fsp3) is 0.111. The van der Waals surface area contributed by atoms with Crippen LogP contribution in [0.5, 0.6) is 5.75 Å². The average Bonchev–Trinajstić information content (AvgIpc) is 2.16. The second kappa shape index (κ2) is 4.54. The van der Waals surface area contributed by atoms with Gasteiger partial charge in [0.1, 0.15) is 5.75 Å². The molecule has 3 heteroatoms. The van der Waals surface area contributed by atoms with Gasteiger partial charge in [-0.25, -0.2) is 5.43 Å². The lowest BCUT2D eigenvalue weighted by molar-refractivity contribution is -0.719. The molecule has 0 spiro atoms. The van der Waals surface area contributed by atoms with Crippen molar-refractivity contribution < 1.29 is 10.2 Å². The summed E-state index contributed by atoms with van der Waals surface area (Å²) in [7, 11) is 0. The maximum atomic E-state index is 5.41. The van der Waals surface area contributed by atoms with Crippen molar-refractivity contribution in [2.45, 2.75) is 6.23 Å². The van der Waals surface area contributed by atoms with Crippen molar-refractivity contribution in [3.8, 4) is 5.75 Å². The van der Waals surface area contributed by atoms with E-state index in [4.69, 9.17) is 10.6 Å². The van der Waals surface area contributed by atoms with Gasteiger partial charge in [-0.1, -0.05) is 24.8 Å². The van der Waals surface area contributed by atoms with Crippen LogP contribution in [0, 0.1) is 0 Å². The van der Waals surface area contributed by atoms with Crippen LogP contribution in [0.3, 0.4) is 0 Å². The molecule has 0 radical (unpaired) electrons. The largest absolute Gasteiger partial charge is 0.438 e. The van der Waals surface area contributed by atoms with E-state index in [1.807, 2.05) is 30.3 Å². The first kappa shape index (κ1) is 8.77. The predicted octanol–water partition coefficient (Wildman–Crippen LogP) is 0.0146. The number of hydrogen-bond acceptors (Lipinski definition) is 2. The summed E-state index contributed by atoms with van der Waals surface area (Å²) in [4.78, 5) is 0. The highest BCUT2D eigenvalue weighted by Gasteiger charge is 2.04. The highest BCUT2D eigenvalue weighted by molar-refractivity contribution is 5.21. The van der Waals surface area contributed by atoms with Gasteiger partial charge in [0.25, 0.3) is 6.23 Å². The molecule has 1 unspecified atom stereocenters. The van der Waals surface area contributed by atoms with Crippen LogP contribution in [0.15, 0.2) is 43.0 Å². The maximum Gasteiger partial charge on any atom is 0.267 e. The molecule has 12 heavy (non-hydrogen) atoms. The molecule has 1 aromatic rings. The number of ether oxygens (including phenoxy) is 1. The number of rotatable bonds is 4. The van der Waals surface area contributed by atoms with Crippen LogP contribution >= 0.6 is 0 Å². The molecule has 0 aromatic heterocycles. The lowest BCUT2D eigenvalue weighted by Crippen LogP contribution is -2.97. The Morgan fingerprint density at radius 3 is 2.58 bits per heavy atom. The molecule has 0 heterocycles. The molecule has 0 aliphatic carbocycles. The van der Waals surface area contributed by atoms with Gasteiger partial charge in [0.2, 0.25) is 0 Å². The first-order valence-corrected chi connectivity index (χ1v) is 3.76. The number of nitrogens with two attached hydrogens (primary N) is 2. The van der Waals surface area contributed by atoms with Crippen LogP contribution in [0.25, 0.3) is 0 Å². The van der Waals surface area contributed by atoms with E-state index in [0.29, 0.717) is 0 Å². The molecule has 64 valence electrons. The molecule has 4 N–H and O–H groups in total. The molecule has 1 atom stereocenters. The summed E-state index contributed by atoms with van der Waals surface area (Å²) < 4.78 is 5.41. The third kappa shape index (κ3) is 2.38. The second-order valence-electron chi connectivity index (χ2n) is 2.32. The molecular formula is C9H13N2O+. The Morgan fingerprint density at radius 2 is 2.08 bits per heavy atom. The van der Waals surface area contributed by atoms with Crippen LogP contribution in [-0.4, -0.2) is 6.23 Å². The van der Waals surface area contributed by atoms with E-state index in [9.17, 15) is 0 Å². The fourth-order valence-corrected chi connectivity index (χ4v) is 0.822. The highest BCUT2D eigenvalue weighted by Crippen LogP contribution is 2.08. The van der Waals surface area contributed by atoms with Gasteiger partial charge in [0.15, 0.2) is 0 Å². The standard InChI is InChI=1S/C9H12N2O/c1-2-9(11-10)12-8-6-4-3-5-7-8/h2-7,9,11H,1,10H2/p+1. The Morgan fingerprint density at radius 1 is 1.42 bits per heavy atom. The molecule has 0 saturated heterocycles. The first-order chi connectivity index (χ1) is 5.86. The zero-order valence-corrected chi connectivity index (χ0v) is 6.81. The Balaban J connectivity index is 2.56. The molecule has 0 aliphatic rings. The minimum absolute atomic E-state index is 0.215. The van der Waals surface area contributed by atoms with E-state index in [0.717, 1.165) is 5.75 Å². The second-order valence-corrected chi connectivity index (χ2v) is 2.32. The third-order valence-electron chi connectivity index (χ3n) is 1.44. The first-order valence-electron chi connectivity index (χ1n) is 3.76. The van der Waals surface area contributed by atoms with Crippen molar-refractivity contribution in [3.05, 3.63) is 43.0 Å². The summed E-state index contributed by atoms with van der Waals surface area (Å²) in [5.41, 5.74) is 1.46. The van der Waals surface area contributed by atoms with E-state index in [-0.39, 0.29) is 6.23 Å². The van der Waals surface area contributed by atoms with Gasteiger partial charge >= 0.3 is 0 Å². The van der Waals surface area contributed by atoms with E-state index in [2.05, 4.69) is 6.58 Å². The zero-order valence-electron chi connectivity index (χ0n) is 6.81. The fourth-order valence-electron chi connectivity index (χ4n) is 0.822. The van der Waals surface area contributed by atoms with Gasteiger partial charge < -0.3 is 4.74 Å². The normalized spacial score (nSPS) is 12.1. The SMILES string of the molecule is C=CC([NH2+]N)Oc1ccccc1. The lowest BCUT2D eigenvalue weighted by Gasteiger charge is -2.09. The molecule has 0 bridgehead atoms. The van der Waals surface area contributed by atoms with E-state index >= 15 is 0 Å². The number of para-hydroxylation sites is 1. The topological polar surface area (TPSA) is 51.9 Å². The van der Waals surface area contributed by atoms with Crippen LogP contribution in [0.4, 0.5) is 0 Å². The van der Waals surface area contributed by atoms with Gasteiger partial charge in [0, 0.05) is 6.08 Å². The summed E-state index contributed by atoms with van der Waals surface area (Å²) in [5.74, 6) is 6.11. The Kier molecular flexibility index (Phi) is 3.32. The average molecular weight is 165 g/mol. The number of benzene rings is 1. The van der Waals surface area contributed by atoms with E-state index in [1.165, 1.54) is 5.43 Å². The summed E-state index contributed by atoms with van der Waals surface area (Å²) in [5, 5.41) is 0. The zero-order chi connectivity index (χ0) is 8.81. The van der Waals surface area contributed by atoms with Gasteiger partial charge in [0.05, 0.1) is 0 Å². The Hall–Kier alpha value is -1.32. The van der Waals surface area contributed by atoms with Crippen molar-refractivity contribution in [2.75, 3.05) is 0 Å². The monoisotopic (exact) mass is 165 g/mol. The molecular weight excluding hydrogens is 152 g/mol. The van der Waals surface area contributed by atoms with Gasteiger partial charge in [-0.2, -0.15) is 5.84 Å². The van der Waals surface area contributed by atoms with Crippen LogP contribution in [-0.2, 0) is 0 Å². The Labute approximate surface area is 71.8 Å². The molecule has 0 saturated carbocycles. The van der Waals surface area contributed by atoms with Crippen molar-refractivity contribution in [1.82, 2.24) is 0 Å². The van der Waals surface area contributed by atoms with Crippen molar-refractivity contribution in [2.24, 2.45) is 5.84 Å². The van der Waals surface area contributed by atoms with Gasteiger partial charge in [-0.15, -0.1) is 0 Å². The predicted molar refractivity (Wildman–Crippen MR) is 47.2 cm³/mol. The smallest absolute Gasteiger partial charge is 0.267 e. The van der Waals surface area contributed by atoms with Crippen molar-refractivity contribution >= 4 is 0 Å². The van der Waals surface area contributed by atoms with Crippen molar-refractivity contribution in [1.29, 1.82) is 0 Å². The Bertz CT molecular complexity index is 236. The van der Waals surface area contributed by atoms with Crippen LogP contribution in [0.1, 0.15) is 0 Å². The summed E-state index contributed by atoms with van der Waals surface area (Å²) in [6.07, 6.45) is 1.43. The van der Waals surface area contributed by atoms with E-state index < -0.39 is 0 Å². The molecule has 1 rings (SSSR count). The quantitative estimate of drug-likeness (QED) is 0.286. The van der Waals surface area contributed by atoms with E-state index in [1.54, 1.807) is 6.08 Å². The molecule has 0 fully saturated rings. The van der Waals surface area contributed by atoms with Crippen LogP contribution in [0.2, 0.25) is 0 Å². The highest BCUT2D eigenvalue weighted by atomic mass is 16.5. The molecule has 0 amide bonds. The summed E-state index contributed by atoms with van der Waals surface area (Å²) >= 11 is 0. The summed E-state index contributed by atoms with van der Waals surface area (Å²) in [6, 6.07) is 9.50. The molecule has 0 aliphatic heterocycles. The minimum atomic E-state index is -0.215. The number of hydrogen-bond donors (Lipinski definition) is 2. The minimum Gasteiger partial charge on any atom is -0.438 e.